The molecule has 0 spiro atoms. The minimum atomic E-state index is -1.16. The maximum Gasteiger partial charge on any atom is 0.330 e. The van der Waals surface area contributed by atoms with Gasteiger partial charge >= 0.3 is 17.9 Å². The van der Waals surface area contributed by atoms with E-state index in [2.05, 4.69) is 36.8 Å². The summed E-state index contributed by atoms with van der Waals surface area (Å²) < 4.78 is 11.9. The van der Waals surface area contributed by atoms with Crippen molar-refractivity contribution in [2.45, 2.75) is 119 Å². The Morgan fingerprint density at radius 2 is 1.11 bits per heavy atom. The molecule has 0 fully saturated rings. The first-order valence-corrected chi connectivity index (χ1v) is 24.0. The zero-order chi connectivity index (χ0) is 54.0. The maximum absolute atomic E-state index is 12.9. The van der Waals surface area contributed by atoms with Crippen LogP contribution in [-0.2, 0) is 65.7 Å². The van der Waals surface area contributed by atoms with Gasteiger partial charge < -0.3 is 60.5 Å². The molecule has 0 aliphatic rings. The molecule has 23 nitrogen and oxygen atoms in total. The Hall–Kier alpha value is -7.43. The normalized spacial score (nSPS) is 11.7. The van der Waals surface area contributed by atoms with Crippen LogP contribution in [0.3, 0.4) is 0 Å². The molecule has 6 amide bonds. The molecule has 2 aromatic rings. The molecule has 2 rings (SSSR count). The van der Waals surface area contributed by atoms with Crippen molar-refractivity contribution >= 4 is 64.7 Å². The number of pyridine rings is 2. The van der Waals surface area contributed by atoms with Crippen molar-refractivity contribution in [2.24, 2.45) is 5.92 Å². The number of aromatic nitrogens is 2. The molecule has 0 unspecified atom stereocenters. The van der Waals surface area contributed by atoms with E-state index < -0.39 is 71.2 Å². The van der Waals surface area contributed by atoms with Gasteiger partial charge in [0.05, 0.1) is 19.6 Å². The lowest BCUT2D eigenvalue weighted by molar-refractivity contribution is -0.139. The van der Waals surface area contributed by atoms with Gasteiger partial charge in [-0.2, -0.15) is 0 Å². The number of nitrogens with one attached hydrogen (secondary N) is 6. The van der Waals surface area contributed by atoms with Gasteiger partial charge in [0.25, 0.3) is 11.1 Å². The molecule has 2 atom stereocenters. The minimum Gasteiger partial charge on any atom is -0.481 e. The Morgan fingerprint density at radius 3 is 1.53 bits per heavy atom. The van der Waals surface area contributed by atoms with Gasteiger partial charge in [-0.3, -0.25) is 43.2 Å². The molecule has 2 aromatic heterocycles. The molecule has 0 bridgehead atoms. The number of anilines is 2. The Kier molecular flexibility index (Phi) is 31.0. The summed E-state index contributed by atoms with van der Waals surface area (Å²) in [7, 11) is 0. The predicted molar refractivity (Wildman–Crippen MR) is 268 cm³/mol. The number of rotatable bonds is 31. The van der Waals surface area contributed by atoms with Crippen molar-refractivity contribution in [1.29, 1.82) is 0 Å². The number of aliphatic carboxylic acids is 1. The molecule has 0 saturated heterocycles. The number of amides is 6. The summed E-state index contributed by atoms with van der Waals surface area (Å²) in [5, 5.41) is 24.3. The smallest absolute Gasteiger partial charge is 0.330 e. The Balaban J connectivity index is 0.000000721. The lowest BCUT2D eigenvalue weighted by Crippen LogP contribution is -2.44. The Bertz CT molecular complexity index is 2290. The van der Waals surface area contributed by atoms with Crippen LogP contribution >= 0.6 is 0 Å². The molecule has 7 N–H and O–H groups in total. The van der Waals surface area contributed by atoms with E-state index >= 15 is 0 Å². The highest BCUT2D eigenvalue weighted by molar-refractivity contribution is 5.98. The highest BCUT2D eigenvalue weighted by atomic mass is 16.5. The third kappa shape index (κ3) is 27.1. The summed E-state index contributed by atoms with van der Waals surface area (Å²) >= 11 is 0. The van der Waals surface area contributed by atoms with Gasteiger partial charge in [-0.1, -0.05) is 39.8 Å². The first kappa shape index (κ1) is 62.6. The number of carbonyl (C=O) groups excluding carboxylic acids is 8. The van der Waals surface area contributed by atoms with E-state index in [1.807, 2.05) is 27.7 Å². The zero-order valence-corrected chi connectivity index (χ0v) is 42.4. The molecule has 2 heterocycles. The van der Waals surface area contributed by atoms with Gasteiger partial charge in [-0.15, -0.1) is 0 Å². The topological polar surface area (TPSA) is 312 Å². The largest absolute Gasteiger partial charge is 0.481 e. The molecule has 398 valence electrons. The standard InChI is InChI=1S/C25H36N4O8.C24H37N5O6/c1-4-37-23(34)10-6-5-8-18(27-20(30)11-12-22(32)33)24(35)28-19-9-7-15-29(25(19)36)16-21(31)26-14-13-17(2)3;1-5-28(6-2)16-14-25-21(31)17-29-15-10-12-20(24(29)34)27-23(33)19(26-18(4)30)11-8-9-13-22(32)35-7-3/h6-7,9-10,15,17-18H,4-5,8,11-14,16H2,1-3H3,(H,26,31)(H,27,30)(H,28,35)(H,32,33);9-10,12-13,15,19H,5-8,11,14,16-17H2,1-4H3,(H,25,31)(H,26,30)(H,27,33)/b10-6+;13-9+/t18-;19-/m00/s1. The lowest BCUT2D eigenvalue weighted by atomic mass is 10.1. The second-order valence-corrected chi connectivity index (χ2v) is 16.3. The summed E-state index contributed by atoms with van der Waals surface area (Å²) in [5.74, 6) is -4.79. The second kappa shape index (κ2) is 35.6. The Labute approximate surface area is 419 Å². The third-order valence-corrected chi connectivity index (χ3v) is 10.1. The fraction of sp³-hybridized carbons (Fsp3) is 0.531. The second-order valence-electron chi connectivity index (χ2n) is 16.3. The highest BCUT2D eigenvalue weighted by Gasteiger charge is 2.23. The van der Waals surface area contributed by atoms with E-state index in [0.717, 1.165) is 24.1 Å². The van der Waals surface area contributed by atoms with Crippen molar-refractivity contribution in [3.8, 4) is 0 Å². The van der Waals surface area contributed by atoms with Crippen LogP contribution in [0.15, 0.2) is 70.6 Å². The summed E-state index contributed by atoms with van der Waals surface area (Å²) in [5.41, 5.74) is -1.24. The highest BCUT2D eigenvalue weighted by Crippen LogP contribution is 2.08. The number of carboxylic acid groups (broad SMARTS) is 1. The summed E-state index contributed by atoms with van der Waals surface area (Å²) in [4.78, 5) is 135. The van der Waals surface area contributed by atoms with Gasteiger partial charge in [0.15, 0.2) is 0 Å². The van der Waals surface area contributed by atoms with E-state index in [0.29, 0.717) is 32.0 Å². The number of likely N-dealkylation sites (N-methyl/N-ethyl adjacent to an activating group) is 1. The minimum absolute atomic E-state index is 0.00846. The van der Waals surface area contributed by atoms with Gasteiger partial charge in [0.2, 0.25) is 35.4 Å². The number of ether oxygens (including phenoxy) is 2. The number of nitrogens with zero attached hydrogens (tertiary/aromatic N) is 3. The molecule has 72 heavy (non-hydrogen) atoms. The van der Waals surface area contributed by atoms with Crippen LogP contribution in [-0.4, -0.2) is 131 Å². The number of carbonyl (C=O) groups is 9. The SMILES string of the molecule is CCOC(=O)/C=C/CC[C@H](NC(=O)CCC(=O)O)C(=O)Nc1cccn(CC(=O)NCCC(C)C)c1=O.CCOC(=O)/C=C/CC[C@H](NC(C)=O)C(=O)Nc1cccn(CC(=O)NCCN(CC)CC)c1=O. The van der Waals surface area contributed by atoms with Gasteiger partial charge in [0.1, 0.15) is 36.5 Å². The van der Waals surface area contributed by atoms with E-state index in [4.69, 9.17) is 14.6 Å². The van der Waals surface area contributed by atoms with Crippen molar-refractivity contribution in [2.75, 3.05) is 56.6 Å². The average molecular weight is 1010 g/mol. The predicted octanol–water partition coefficient (Wildman–Crippen LogP) is 1.85. The molecule has 0 radical (unpaired) electrons. The monoisotopic (exact) mass is 1010 g/mol. The van der Waals surface area contributed by atoms with Crippen molar-refractivity contribution in [3.63, 3.8) is 0 Å². The summed E-state index contributed by atoms with van der Waals surface area (Å²) in [6.07, 6.45) is 9.25. The van der Waals surface area contributed by atoms with Crippen LogP contribution in [0.25, 0.3) is 0 Å². The molecular formula is C49H73N9O14. The van der Waals surface area contributed by atoms with Crippen LogP contribution in [0, 0.1) is 5.92 Å². The van der Waals surface area contributed by atoms with E-state index in [1.54, 1.807) is 26.0 Å². The quantitative estimate of drug-likeness (QED) is 0.0419. The Morgan fingerprint density at radius 1 is 0.653 bits per heavy atom. The molecule has 0 aliphatic heterocycles. The molecular weight excluding hydrogens is 939 g/mol. The van der Waals surface area contributed by atoms with Crippen molar-refractivity contribution < 1.29 is 57.7 Å². The van der Waals surface area contributed by atoms with Crippen LogP contribution in [0.5, 0.6) is 0 Å². The summed E-state index contributed by atoms with van der Waals surface area (Å²) in [6, 6.07) is 3.82. The van der Waals surface area contributed by atoms with E-state index in [9.17, 15) is 52.7 Å². The van der Waals surface area contributed by atoms with Gasteiger partial charge in [-0.05, 0) is 89.2 Å². The number of esters is 2. The van der Waals surface area contributed by atoms with Gasteiger partial charge in [0, 0.05) is 57.5 Å². The van der Waals surface area contributed by atoms with Crippen LogP contribution in [0.4, 0.5) is 11.4 Å². The average Bonchev–Trinajstić information content (AvgIpc) is 3.31. The molecule has 0 saturated carbocycles. The van der Waals surface area contributed by atoms with Crippen molar-refractivity contribution in [3.05, 3.63) is 81.7 Å². The molecule has 23 heteroatoms. The maximum atomic E-state index is 12.9. The number of carboxylic acids is 1. The molecule has 0 aromatic carbocycles. The van der Waals surface area contributed by atoms with E-state index in [-0.39, 0.29) is 75.2 Å². The van der Waals surface area contributed by atoms with Gasteiger partial charge in [-0.25, -0.2) is 9.59 Å². The third-order valence-electron chi connectivity index (χ3n) is 10.1. The first-order valence-electron chi connectivity index (χ1n) is 24.0. The number of hydrogen-bond donors (Lipinski definition) is 7. The van der Waals surface area contributed by atoms with E-state index in [1.165, 1.54) is 60.3 Å². The fourth-order valence-electron chi connectivity index (χ4n) is 6.30. The zero-order valence-electron chi connectivity index (χ0n) is 42.4. The van der Waals surface area contributed by atoms with Crippen LogP contribution < -0.4 is 43.0 Å². The number of hydrogen-bond acceptors (Lipinski definition) is 14. The molecule has 0 aliphatic carbocycles. The lowest BCUT2D eigenvalue weighted by Gasteiger charge is -2.18. The van der Waals surface area contributed by atoms with Crippen LogP contribution in [0.2, 0.25) is 0 Å². The summed E-state index contributed by atoms with van der Waals surface area (Å²) in [6.45, 7) is 16.3. The fourth-order valence-corrected chi connectivity index (χ4v) is 6.30. The van der Waals surface area contributed by atoms with Crippen molar-refractivity contribution in [1.82, 2.24) is 35.3 Å². The van der Waals surface area contributed by atoms with Crippen LogP contribution in [0.1, 0.15) is 93.4 Å². The first-order chi connectivity index (χ1) is 34.2. The number of allylic oxidation sites excluding steroid dienone is 2.